The van der Waals surface area contributed by atoms with Crippen molar-refractivity contribution in [2.75, 3.05) is 0 Å². The molecule has 2 heterocycles. The van der Waals surface area contributed by atoms with Gasteiger partial charge in [0.25, 0.3) is 0 Å². The van der Waals surface area contributed by atoms with E-state index in [1.165, 1.54) is 12.1 Å². The Labute approximate surface area is 104 Å². The lowest BCUT2D eigenvalue weighted by Crippen LogP contribution is -2.21. The van der Waals surface area contributed by atoms with Gasteiger partial charge in [0.2, 0.25) is 0 Å². The van der Waals surface area contributed by atoms with Gasteiger partial charge in [-0.3, -0.25) is 0 Å². The predicted molar refractivity (Wildman–Crippen MR) is 63.7 cm³/mol. The monoisotopic (exact) mass is 242 g/mol. The molecule has 0 saturated heterocycles. The SMILES string of the molecule is N#Cc1cccn1CC1Cc2cc(F)ccc2O1. The quantitative estimate of drug-likeness (QED) is 0.811. The molecule has 2 aromatic rings. The number of ether oxygens (including phenoxy) is 1. The van der Waals surface area contributed by atoms with E-state index in [4.69, 9.17) is 10.00 Å². The van der Waals surface area contributed by atoms with E-state index >= 15 is 0 Å². The third-order valence-corrected chi connectivity index (χ3v) is 3.11. The fraction of sp³-hybridized carbons (Fsp3) is 0.214. The summed E-state index contributed by atoms with van der Waals surface area (Å²) in [5, 5.41) is 8.93. The minimum atomic E-state index is -0.239. The number of aromatic nitrogens is 1. The Hall–Kier alpha value is -2.28. The number of hydrogen-bond donors (Lipinski definition) is 0. The van der Waals surface area contributed by atoms with Gasteiger partial charge >= 0.3 is 0 Å². The predicted octanol–water partition coefficient (Wildman–Crippen LogP) is 2.50. The summed E-state index contributed by atoms with van der Waals surface area (Å²) in [6, 6.07) is 10.3. The highest BCUT2D eigenvalue weighted by Crippen LogP contribution is 2.30. The number of nitrogens with zero attached hydrogens (tertiary/aromatic N) is 2. The van der Waals surface area contributed by atoms with Gasteiger partial charge in [-0.15, -0.1) is 0 Å². The summed E-state index contributed by atoms with van der Waals surface area (Å²) >= 11 is 0. The normalized spacial score (nSPS) is 17.0. The lowest BCUT2D eigenvalue weighted by molar-refractivity contribution is 0.209. The largest absolute Gasteiger partial charge is 0.488 e. The first-order chi connectivity index (χ1) is 8.76. The molecule has 0 amide bonds. The molecule has 18 heavy (non-hydrogen) atoms. The van der Waals surface area contributed by atoms with Gasteiger partial charge in [-0.2, -0.15) is 5.26 Å². The summed E-state index contributed by atoms with van der Waals surface area (Å²) in [6.07, 6.45) is 2.49. The van der Waals surface area contributed by atoms with Crippen LogP contribution >= 0.6 is 0 Å². The molecule has 1 atom stereocenters. The van der Waals surface area contributed by atoms with Gasteiger partial charge < -0.3 is 9.30 Å². The maximum atomic E-state index is 13.1. The molecule has 1 aromatic carbocycles. The molecule has 0 saturated carbocycles. The second-order valence-corrected chi connectivity index (χ2v) is 4.35. The third-order valence-electron chi connectivity index (χ3n) is 3.11. The van der Waals surface area contributed by atoms with Gasteiger partial charge in [0.1, 0.15) is 29.4 Å². The molecule has 0 spiro atoms. The van der Waals surface area contributed by atoms with Gasteiger partial charge in [-0.25, -0.2) is 4.39 Å². The van der Waals surface area contributed by atoms with Crippen LogP contribution in [0.3, 0.4) is 0 Å². The fourth-order valence-electron chi connectivity index (χ4n) is 2.29. The number of hydrogen-bond acceptors (Lipinski definition) is 2. The summed E-state index contributed by atoms with van der Waals surface area (Å²) in [6.45, 7) is 0.603. The van der Waals surface area contributed by atoms with Crippen LogP contribution in [0.2, 0.25) is 0 Å². The minimum Gasteiger partial charge on any atom is -0.488 e. The van der Waals surface area contributed by atoms with E-state index < -0.39 is 0 Å². The Kier molecular flexibility index (Phi) is 2.52. The van der Waals surface area contributed by atoms with Crippen molar-refractivity contribution in [3.05, 3.63) is 53.6 Å². The van der Waals surface area contributed by atoms with Crippen molar-refractivity contribution in [2.45, 2.75) is 19.1 Å². The summed E-state index contributed by atoms with van der Waals surface area (Å²) in [4.78, 5) is 0. The summed E-state index contributed by atoms with van der Waals surface area (Å²) in [5.74, 6) is 0.503. The van der Waals surface area contributed by atoms with Crippen LogP contribution in [-0.2, 0) is 13.0 Å². The number of rotatable bonds is 2. The van der Waals surface area contributed by atoms with Gasteiger partial charge in [-0.1, -0.05) is 0 Å². The lowest BCUT2D eigenvalue weighted by Gasteiger charge is -2.12. The fourth-order valence-corrected chi connectivity index (χ4v) is 2.29. The van der Waals surface area contributed by atoms with Crippen molar-refractivity contribution in [1.29, 1.82) is 5.26 Å². The van der Waals surface area contributed by atoms with Crippen LogP contribution in [0.15, 0.2) is 36.5 Å². The highest BCUT2D eigenvalue weighted by Gasteiger charge is 2.23. The molecule has 90 valence electrons. The van der Waals surface area contributed by atoms with Crippen molar-refractivity contribution < 1.29 is 9.13 Å². The molecule has 0 bridgehead atoms. The molecule has 0 radical (unpaired) electrons. The zero-order chi connectivity index (χ0) is 12.5. The topological polar surface area (TPSA) is 38.0 Å². The van der Waals surface area contributed by atoms with Crippen LogP contribution in [-0.4, -0.2) is 10.7 Å². The van der Waals surface area contributed by atoms with Crippen molar-refractivity contribution in [1.82, 2.24) is 4.57 Å². The Morgan fingerprint density at radius 2 is 2.33 bits per heavy atom. The van der Waals surface area contributed by atoms with Crippen LogP contribution < -0.4 is 4.74 Å². The minimum absolute atomic E-state index is 0.0405. The van der Waals surface area contributed by atoms with E-state index in [2.05, 4.69) is 6.07 Å². The summed E-state index contributed by atoms with van der Waals surface area (Å²) < 4.78 is 20.7. The van der Waals surface area contributed by atoms with E-state index in [0.29, 0.717) is 18.7 Å². The molecule has 0 aliphatic carbocycles. The van der Waals surface area contributed by atoms with E-state index in [1.807, 2.05) is 16.8 Å². The Morgan fingerprint density at radius 1 is 1.44 bits per heavy atom. The number of benzene rings is 1. The highest BCUT2D eigenvalue weighted by molar-refractivity contribution is 5.38. The van der Waals surface area contributed by atoms with E-state index in [9.17, 15) is 4.39 Å². The molecule has 0 N–H and O–H groups in total. The zero-order valence-electron chi connectivity index (χ0n) is 9.64. The molecular formula is C14H11FN2O. The molecule has 0 fully saturated rings. The van der Waals surface area contributed by atoms with Crippen LogP contribution in [0.5, 0.6) is 5.75 Å². The maximum absolute atomic E-state index is 13.1. The Bertz CT molecular complexity index is 627. The summed E-state index contributed by atoms with van der Waals surface area (Å²) in [5.41, 5.74) is 1.51. The smallest absolute Gasteiger partial charge is 0.123 e. The first kappa shape index (κ1) is 10.8. The van der Waals surface area contributed by atoms with E-state index in [0.717, 1.165) is 11.3 Å². The van der Waals surface area contributed by atoms with Crippen LogP contribution in [0, 0.1) is 17.1 Å². The van der Waals surface area contributed by atoms with Crippen LogP contribution in [0.25, 0.3) is 0 Å². The van der Waals surface area contributed by atoms with Gasteiger partial charge in [0.15, 0.2) is 0 Å². The van der Waals surface area contributed by atoms with Gasteiger partial charge in [0, 0.05) is 18.2 Å². The Balaban J connectivity index is 1.77. The van der Waals surface area contributed by atoms with Crippen LogP contribution in [0.1, 0.15) is 11.3 Å². The van der Waals surface area contributed by atoms with Gasteiger partial charge in [0.05, 0.1) is 6.54 Å². The Morgan fingerprint density at radius 3 is 3.17 bits per heavy atom. The number of halogens is 1. The lowest BCUT2D eigenvalue weighted by atomic mass is 10.1. The second kappa shape index (κ2) is 4.19. The zero-order valence-corrected chi connectivity index (χ0v) is 9.64. The van der Waals surface area contributed by atoms with E-state index in [-0.39, 0.29) is 11.9 Å². The average Bonchev–Trinajstić information content (AvgIpc) is 2.94. The molecule has 3 rings (SSSR count). The molecule has 1 aromatic heterocycles. The molecule has 3 nitrogen and oxygen atoms in total. The average molecular weight is 242 g/mol. The van der Waals surface area contributed by atoms with Crippen molar-refractivity contribution in [3.8, 4) is 11.8 Å². The third kappa shape index (κ3) is 1.84. The number of fused-ring (bicyclic) bond motifs is 1. The first-order valence-corrected chi connectivity index (χ1v) is 5.76. The molecule has 1 aliphatic rings. The number of nitriles is 1. The maximum Gasteiger partial charge on any atom is 0.123 e. The van der Waals surface area contributed by atoms with E-state index in [1.54, 1.807) is 12.1 Å². The molecule has 4 heteroatoms. The second-order valence-electron chi connectivity index (χ2n) is 4.35. The molecular weight excluding hydrogens is 231 g/mol. The van der Waals surface area contributed by atoms with Crippen molar-refractivity contribution in [2.24, 2.45) is 0 Å². The van der Waals surface area contributed by atoms with Gasteiger partial charge in [-0.05, 0) is 30.3 Å². The standard InChI is InChI=1S/C14H11FN2O/c15-11-3-4-14-10(6-11)7-13(18-14)9-17-5-1-2-12(17)8-16/h1-6,13H,7,9H2. The van der Waals surface area contributed by atoms with Crippen molar-refractivity contribution >= 4 is 0 Å². The molecule has 1 unspecified atom stereocenters. The highest BCUT2D eigenvalue weighted by atomic mass is 19.1. The first-order valence-electron chi connectivity index (χ1n) is 5.76. The van der Waals surface area contributed by atoms with Crippen molar-refractivity contribution in [3.63, 3.8) is 0 Å². The van der Waals surface area contributed by atoms with Crippen LogP contribution in [0.4, 0.5) is 4.39 Å². The molecule has 1 aliphatic heterocycles. The summed E-state index contributed by atoms with van der Waals surface area (Å²) in [7, 11) is 0.